The first-order valence-corrected chi connectivity index (χ1v) is 11.2. The molecule has 0 unspecified atom stereocenters. The maximum Gasteiger partial charge on any atom is 0.421 e. The minimum Gasteiger partial charge on any atom is -0.386 e. The van der Waals surface area contributed by atoms with Gasteiger partial charge in [0, 0.05) is 55.7 Å². The first kappa shape index (κ1) is 24.2. The number of piperazine rings is 1. The number of carbonyl (C=O) groups excluding carboxylic acids is 1. The molecule has 1 atom stereocenters. The summed E-state index contributed by atoms with van der Waals surface area (Å²) in [4.78, 5) is 39.2. The van der Waals surface area contributed by atoms with Gasteiger partial charge in [-0.05, 0) is 51.2 Å². The highest BCUT2D eigenvalue weighted by molar-refractivity contribution is 5.80. The number of nitrogens with one attached hydrogen (secondary N) is 1. The smallest absolute Gasteiger partial charge is 0.386 e. The molecule has 8 nitrogen and oxygen atoms in total. The summed E-state index contributed by atoms with van der Waals surface area (Å²) >= 11 is 0. The van der Waals surface area contributed by atoms with Crippen LogP contribution in [0, 0.1) is 5.92 Å². The third-order valence-corrected chi connectivity index (χ3v) is 6.73. The molecule has 0 aromatic carbocycles. The molecule has 0 spiro atoms. The fourth-order valence-corrected chi connectivity index (χ4v) is 4.54. The molecule has 2 N–H and O–H groups in total. The van der Waals surface area contributed by atoms with E-state index in [4.69, 9.17) is 0 Å². The molecule has 11 heteroatoms. The summed E-state index contributed by atoms with van der Waals surface area (Å²) in [6.45, 7) is 6.85. The number of nitrogens with zero attached hydrogens (tertiary/aromatic N) is 4. The van der Waals surface area contributed by atoms with Gasteiger partial charge in [0.25, 0.3) is 5.56 Å². The van der Waals surface area contributed by atoms with Gasteiger partial charge in [0.05, 0.1) is 5.60 Å². The van der Waals surface area contributed by atoms with Gasteiger partial charge in [0.1, 0.15) is 5.56 Å². The summed E-state index contributed by atoms with van der Waals surface area (Å²) in [5, 5.41) is 10.1. The van der Waals surface area contributed by atoms with Gasteiger partial charge in [-0.25, -0.2) is 9.97 Å². The fourth-order valence-electron chi connectivity index (χ4n) is 4.54. The molecule has 184 valence electrons. The summed E-state index contributed by atoms with van der Waals surface area (Å²) in [5.41, 5.74) is -2.38. The lowest BCUT2D eigenvalue weighted by Crippen LogP contribution is -2.56. The molecule has 2 aromatic rings. The van der Waals surface area contributed by atoms with E-state index >= 15 is 0 Å². The number of H-pyrrole nitrogens is 1. The van der Waals surface area contributed by atoms with Crippen LogP contribution < -0.4 is 10.5 Å². The predicted octanol–water partition coefficient (Wildman–Crippen LogP) is 2.64. The fraction of sp³-hybridized carbons (Fsp3) is 0.565. The van der Waals surface area contributed by atoms with E-state index in [1.54, 1.807) is 31.1 Å². The van der Waals surface area contributed by atoms with Crippen molar-refractivity contribution in [2.45, 2.75) is 57.3 Å². The molecule has 2 fully saturated rings. The largest absolute Gasteiger partial charge is 0.421 e. The second kappa shape index (κ2) is 8.68. The maximum absolute atomic E-state index is 13.0. The topological polar surface area (TPSA) is 102 Å². The Labute approximate surface area is 194 Å². The molecular formula is C23H28F3N5O3. The van der Waals surface area contributed by atoms with Gasteiger partial charge in [-0.3, -0.25) is 9.59 Å². The summed E-state index contributed by atoms with van der Waals surface area (Å²) in [5.74, 6) is 0.108. The van der Waals surface area contributed by atoms with Gasteiger partial charge in [0.15, 0.2) is 0 Å². The van der Waals surface area contributed by atoms with Crippen LogP contribution in [-0.4, -0.2) is 56.5 Å². The van der Waals surface area contributed by atoms with Gasteiger partial charge < -0.3 is 19.9 Å². The Hall–Kier alpha value is -2.95. The van der Waals surface area contributed by atoms with Crippen molar-refractivity contribution in [3.05, 3.63) is 51.7 Å². The zero-order valence-corrected chi connectivity index (χ0v) is 19.3. The van der Waals surface area contributed by atoms with Crippen LogP contribution in [0.3, 0.4) is 0 Å². The van der Waals surface area contributed by atoms with Crippen LogP contribution in [0.25, 0.3) is 0 Å². The van der Waals surface area contributed by atoms with E-state index < -0.39 is 22.9 Å². The average molecular weight is 480 g/mol. The number of aromatic amines is 1. The van der Waals surface area contributed by atoms with Gasteiger partial charge in [-0.1, -0.05) is 0 Å². The highest BCUT2D eigenvalue weighted by Gasteiger charge is 2.41. The van der Waals surface area contributed by atoms with E-state index in [0.29, 0.717) is 49.6 Å². The van der Waals surface area contributed by atoms with E-state index in [2.05, 4.69) is 15.0 Å². The summed E-state index contributed by atoms with van der Waals surface area (Å²) in [7, 11) is 0. The standard InChI is InChI=1S/C23H28F3N5O3/c1-13-12-30(4-5-31(13)21-28-10-17(11-29-21)22(2,3)34)20(33)15-6-14(7-15)16-8-18(23(24,25)26)19(32)27-9-16/h8-11,13-15,34H,4-7,12H2,1-3H3,(H,27,32)/t13-,14?,15?/m0/s1. The Morgan fingerprint density at radius 1 is 1.18 bits per heavy atom. The highest BCUT2D eigenvalue weighted by atomic mass is 19.4. The number of anilines is 1. The molecule has 1 saturated heterocycles. The SMILES string of the molecule is C[C@H]1CN(C(=O)C2CC(c3c[nH]c(=O)c(C(F)(F)F)c3)C2)CCN1c1ncc(C(C)(C)O)cn1. The minimum absolute atomic E-state index is 0.00140. The van der Waals surface area contributed by atoms with E-state index in [-0.39, 0.29) is 23.8 Å². The van der Waals surface area contributed by atoms with Crippen molar-refractivity contribution in [1.29, 1.82) is 0 Å². The molecular weight excluding hydrogens is 451 g/mol. The number of rotatable bonds is 4. The van der Waals surface area contributed by atoms with E-state index in [9.17, 15) is 27.9 Å². The van der Waals surface area contributed by atoms with Gasteiger partial charge >= 0.3 is 6.18 Å². The third-order valence-electron chi connectivity index (χ3n) is 6.73. The van der Waals surface area contributed by atoms with Crippen molar-refractivity contribution in [3.63, 3.8) is 0 Å². The quantitative estimate of drug-likeness (QED) is 0.699. The van der Waals surface area contributed by atoms with Gasteiger partial charge in [0.2, 0.25) is 11.9 Å². The molecule has 4 rings (SSSR count). The van der Waals surface area contributed by atoms with Gasteiger partial charge in [-0.2, -0.15) is 13.2 Å². The van der Waals surface area contributed by atoms with Crippen molar-refractivity contribution >= 4 is 11.9 Å². The van der Waals surface area contributed by atoms with Crippen LogP contribution in [0.2, 0.25) is 0 Å². The second-order valence-electron chi connectivity index (χ2n) is 9.70. The van der Waals surface area contributed by atoms with Crippen LogP contribution in [0.5, 0.6) is 0 Å². The number of aliphatic hydroxyl groups is 1. The average Bonchev–Trinajstić information content (AvgIpc) is 2.72. The van der Waals surface area contributed by atoms with Crippen molar-refractivity contribution in [2.24, 2.45) is 5.92 Å². The van der Waals surface area contributed by atoms with E-state index in [1.807, 2.05) is 11.8 Å². The summed E-state index contributed by atoms with van der Waals surface area (Å²) < 4.78 is 39.1. The predicted molar refractivity (Wildman–Crippen MR) is 118 cm³/mol. The Balaban J connectivity index is 1.34. The molecule has 1 amide bonds. The lowest BCUT2D eigenvalue weighted by Gasteiger charge is -2.43. The van der Waals surface area contributed by atoms with Gasteiger partial charge in [-0.15, -0.1) is 0 Å². The number of pyridine rings is 1. The molecule has 3 heterocycles. The first-order chi connectivity index (χ1) is 15.8. The minimum atomic E-state index is -4.71. The number of aromatic nitrogens is 3. The molecule has 1 aliphatic carbocycles. The van der Waals surface area contributed by atoms with Crippen LogP contribution >= 0.6 is 0 Å². The number of hydrogen-bond acceptors (Lipinski definition) is 6. The zero-order chi connectivity index (χ0) is 24.8. The molecule has 0 bridgehead atoms. The Bertz CT molecular complexity index is 1100. The second-order valence-corrected chi connectivity index (χ2v) is 9.70. The molecule has 1 saturated carbocycles. The first-order valence-electron chi connectivity index (χ1n) is 11.2. The van der Waals surface area contributed by atoms with Crippen LogP contribution in [0.1, 0.15) is 56.2 Å². The summed E-state index contributed by atoms with van der Waals surface area (Å²) in [6, 6.07) is 0.879. The van der Waals surface area contributed by atoms with Crippen molar-refractivity contribution in [1.82, 2.24) is 19.9 Å². The Morgan fingerprint density at radius 3 is 2.38 bits per heavy atom. The normalized spacial score (nSPS) is 23.6. The summed E-state index contributed by atoms with van der Waals surface area (Å²) in [6.07, 6.45) is 0.713. The molecule has 0 radical (unpaired) electrons. The lowest BCUT2D eigenvalue weighted by atomic mass is 9.71. The van der Waals surface area contributed by atoms with E-state index in [1.165, 1.54) is 6.20 Å². The van der Waals surface area contributed by atoms with Crippen LogP contribution in [-0.2, 0) is 16.6 Å². The molecule has 1 aliphatic heterocycles. The molecule has 2 aromatic heterocycles. The number of halogens is 3. The van der Waals surface area contributed by atoms with Crippen molar-refractivity contribution in [3.8, 4) is 0 Å². The zero-order valence-electron chi connectivity index (χ0n) is 19.3. The maximum atomic E-state index is 13.0. The number of hydrogen-bond donors (Lipinski definition) is 2. The lowest BCUT2D eigenvalue weighted by molar-refractivity contribution is -0.140. The van der Waals surface area contributed by atoms with Crippen molar-refractivity contribution in [2.75, 3.05) is 24.5 Å². The highest BCUT2D eigenvalue weighted by Crippen LogP contribution is 2.43. The van der Waals surface area contributed by atoms with Crippen LogP contribution in [0.4, 0.5) is 19.1 Å². The molecule has 34 heavy (non-hydrogen) atoms. The number of carbonyl (C=O) groups is 1. The Kier molecular flexibility index (Phi) is 6.17. The van der Waals surface area contributed by atoms with Crippen LogP contribution in [0.15, 0.2) is 29.5 Å². The van der Waals surface area contributed by atoms with E-state index in [0.717, 1.165) is 6.07 Å². The number of alkyl halides is 3. The van der Waals surface area contributed by atoms with Crippen molar-refractivity contribution < 1.29 is 23.1 Å². The monoisotopic (exact) mass is 479 g/mol. The Morgan fingerprint density at radius 2 is 1.82 bits per heavy atom. The molecule has 2 aliphatic rings. The third kappa shape index (κ3) is 4.79. The number of amides is 1.